The van der Waals surface area contributed by atoms with Crippen molar-refractivity contribution in [2.75, 3.05) is 18.5 Å². The molecule has 1 aliphatic heterocycles. The van der Waals surface area contributed by atoms with Crippen LogP contribution in [0.15, 0.2) is 29.0 Å². The molecule has 4 nitrogen and oxygen atoms in total. The summed E-state index contributed by atoms with van der Waals surface area (Å²) in [5, 5.41) is 3.46. The molecule has 0 spiro atoms. The molecule has 3 heterocycles. The zero-order valence-corrected chi connectivity index (χ0v) is 10.8. The molecule has 88 valence electrons. The molecular weight excluding hydrogens is 282 g/mol. The Morgan fingerprint density at radius 1 is 1.41 bits per heavy atom. The Morgan fingerprint density at radius 2 is 2.35 bits per heavy atom. The van der Waals surface area contributed by atoms with Crippen molar-refractivity contribution in [1.82, 2.24) is 9.97 Å². The highest BCUT2D eigenvalue weighted by Crippen LogP contribution is 2.23. The van der Waals surface area contributed by atoms with E-state index in [0.717, 1.165) is 40.8 Å². The van der Waals surface area contributed by atoms with Gasteiger partial charge in [-0.05, 0) is 34.5 Å². The molecule has 2 aromatic rings. The fraction of sp³-hybridized carbons (Fsp3) is 0.333. The topological polar surface area (TPSA) is 47.0 Å². The van der Waals surface area contributed by atoms with Gasteiger partial charge in [0.1, 0.15) is 5.52 Å². The number of nitrogens with zero attached hydrogens (tertiary/aromatic N) is 2. The summed E-state index contributed by atoms with van der Waals surface area (Å²) in [4.78, 5) is 8.72. The van der Waals surface area contributed by atoms with Gasteiger partial charge in [0.15, 0.2) is 0 Å². The van der Waals surface area contributed by atoms with Gasteiger partial charge in [-0.1, -0.05) is 0 Å². The molecule has 5 heteroatoms. The van der Waals surface area contributed by atoms with Crippen molar-refractivity contribution in [2.24, 2.45) is 0 Å². The van der Waals surface area contributed by atoms with Gasteiger partial charge in [0.25, 0.3) is 0 Å². The molecule has 0 saturated carbocycles. The van der Waals surface area contributed by atoms with E-state index in [4.69, 9.17) is 4.74 Å². The first-order valence-corrected chi connectivity index (χ1v) is 6.37. The Kier molecular flexibility index (Phi) is 2.94. The van der Waals surface area contributed by atoms with E-state index in [-0.39, 0.29) is 0 Å². The molecule has 1 atom stereocenters. The number of nitrogens with one attached hydrogen (secondary N) is 1. The third-order valence-corrected chi connectivity index (χ3v) is 3.27. The Hall–Kier alpha value is -1.20. The maximum Gasteiger partial charge on any atom is 0.112 e. The molecule has 1 fully saturated rings. The summed E-state index contributed by atoms with van der Waals surface area (Å²) in [5.41, 5.74) is 2.82. The van der Waals surface area contributed by atoms with Crippen LogP contribution in [0.1, 0.15) is 6.42 Å². The molecule has 0 aromatic carbocycles. The molecule has 0 radical (unpaired) electrons. The summed E-state index contributed by atoms with van der Waals surface area (Å²) >= 11 is 3.40. The number of fused-ring (bicyclic) bond motifs is 1. The molecule has 3 rings (SSSR count). The second kappa shape index (κ2) is 4.58. The average molecular weight is 294 g/mol. The normalized spacial score (nSPS) is 19.7. The molecular formula is C12H12BrN3O. The fourth-order valence-corrected chi connectivity index (χ4v) is 2.31. The molecule has 0 aliphatic carbocycles. The van der Waals surface area contributed by atoms with Crippen LogP contribution in [0.2, 0.25) is 0 Å². The van der Waals surface area contributed by atoms with E-state index in [2.05, 4.69) is 31.2 Å². The Morgan fingerprint density at radius 3 is 3.18 bits per heavy atom. The molecule has 1 saturated heterocycles. The van der Waals surface area contributed by atoms with E-state index in [9.17, 15) is 0 Å². The van der Waals surface area contributed by atoms with Crippen LogP contribution in [-0.2, 0) is 4.74 Å². The van der Waals surface area contributed by atoms with Crippen LogP contribution in [0.4, 0.5) is 5.69 Å². The number of pyridine rings is 2. The minimum Gasteiger partial charge on any atom is -0.379 e. The molecule has 1 N–H and O–H groups in total. The quantitative estimate of drug-likeness (QED) is 0.925. The van der Waals surface area contributed by atoms with Crippen molar-refractivity contribution < 1.29 is 4.74 Å². The van der Waals surface area contributed by atoms with E-state index < -0.39 is 0 Å². The minimum absolute atomic E-state index is 0.381. The lowest BCUT2D eigenvalue weighted by molar-refractivity contribution is 0.195. The van der Waals surface area contributed by atoms with Crippen LogP contribution < -0.4 is 5.32 Å². The maximum atomic E-state index is 5.35. The number of ether oxygens (including phenoxy) is 1. The fourth-order valence-electron chi connectivity index (χ4n) is 1.99. The highest BCUT2D eigenvalue weighted by Gasteiger charge is 2.16. The highest BCUT2D eigenvalue weighted by molar-refractivity contribution is 9.10. The van der Waals surface area contributed by atoms with Gasteiger partial charge in [-0.3, -0.25) is 9.97 Å². The lowest BCUT2D eigenvalue weighted by Crippen LogP contribution is -2.19. The lowest BCUT2D eigenvalue weighted by atomic mass is 10.2. The largest absolute Gasteiger partial charge is 0.379 e. The Labute approximate surface area is 108 Å². The second-order valence-electron chi connectivity index (χ2n) is 4.08. The summed E-state index contributed by atoms with van der Waals surface area (Å²) in [6.45, 7) is 1.60. The van der Waals surface area contributed by atoms with Crippen LogP contribution in [0.5, 0.6) is 0 Å². The number of hydrogen-bond donors (Lipinski definition) is 1. The van der Waals surface area contributed by atoms with Crippen LogP contribution >= 0.6 is 15.9 Å². The second-order valence-corrected chi connectivity index (χ2v) is 5.00. The zero-order chi connectivity index (χ0) is 11.7. The van der Waals surface area contributed by atoms with Crippen molar-refractivity contribution in [2.45, 2.75) is 12.5 Å². The third-order valence-electron chi connectivity index (χ3n) is 2.83. The van der Waals surface area contributed by atoms with Gasteiger partial charge in [-0.25, -0.2) is 0 Å². The van der Waals surface area contributed by atoms with Gasteiger partial charge in [0.05, 0.1) is 23.9 Å². The monoisotopic (exact) mass is 293 g/mol. The first-order valence-electron chi connectivity index (χ1n) is 5.57. The minimum atomic E-state index is 0.381. The predicted octanol–water partition coefficient (Wildman–Crippen LogP) is 2.59. The summed E-state index contributed by atoms with van der Waals surface area (Å²) in [6.07, 6.45) is 4.63. The summed E-state index contributed by atoms with van der Waals surface area (Å²) in [7, 11) is 0. The highest BCUT2D eigenvalue weighted by atomic mass is 79.9. The molecule has 1 unspecified atom stereocenters. The standard InChI is InChI=1S/C12H12BrN3O/c13-8-5-11-12(15-6-8)10(1-3-14-11)16-9-2-4-17-7-9/h1,3,5-6,9H,2,4,7H2,(H,14,16). The summed E-state index contributed by atoms with van der Waals surface area (Å²) < 4.78 is 6.30. The number of aromatic nitrogens is 2. The van der Waals surface area contributed by atoms with Crippen LogP contribution in [0.25, 0.3) is 11.0 Å². The van der Waals surface area contributed by atoms with Crippen molar-refractivity contribution in [1.29, 1.82) is 0 Å². The van der Waals surface area contributed by atoms with Gasteiger partial charge in [0, 0.05) is 23.5 Å². The SMILES string of the molecule is Brc1cnc2c(NC3CCOC3)ccnc2c1. The molecule has 1 aliphatic rings. The van der Waals surface area contributed by atoms with Gasteiger partial charge in [-0.15, -0.1) is 0 Å². The number of hydrogen-bond acceptors (Lipinski definition) is 4. The van der Waals surface area contributed by atoms with E-state index >= 15 is 0 Å². The molecule has 0 bridgehead atoms. The predicted molar refractivity (Wildman–Crippen MR) is 70.1 cm³/mol. The van der Waals surface area contributed by atoms with Gasteiger partial charge >= 0.3 is 0 Å². The van der Waals surface area contributed by atoms with E-state index in [1.54, 1.807) is 12.4 Å². The van der Waals surface area contributed by atoms with E-state index in [0.29, 0.717) is 6.04 Å². The number of rotatable bonds is 2. The van der Waals surface area contributed by atoms with Gasteiger partial charge < -0.3 is 10.1 Å². The van der Waals surface area contributed by atoms with Gasteiger partial charge in [-0.2, -0.15) is 0 Å². The van der Waals surface area contributed by atoms with E-state index in [1.165, 1.54) is 0 Å². The molecule has 0 amide bonds. The van der Waals surface area contributed by atoms with Gasteiger partial charge in [0.2, 0.25) is 0 Å². The zero-order valence-electron chi connectivity index (χ0n) is 9.19. The average Bonchev–Trinajstić information content (AvgIpc) is 2.82. The van der Waals surface area contributed by atoms with Crippen molar-refractivity contribution >= 4 is 32.7 Å². The van der Waals surface area contributed by atoms with Crippen molar-refractivity contribution in [3.05, 3.63) is 29.0 Å². The first kappa shape index (κ1) is 10.9. The summed E-state index contributed by atoms with van der Waals surface area (Å²) in [5.74, 6) is 0. The van der Waals surface area contributed by atoms with E-state index in [1.807, 2.05) is 12.1 Å². The van der Waals surface area contributed by atoms with Crippen molar-refractivity contribution in [3.63, 3.8) is 0 Å². The maximum absolute atomic E-state index is 5.35. The Balaban J connectivity index is 1.97. The lowest BCUT2D eigenvalue weighted by Gasteiger charge is -2.13. The smallest absolute Gasteiger partial charge is 0.112 e. The molecule has 2 aromatic heterocycles. The van der Waals surface area contributed by atoms with Crippen LogP contribution in [0.3, 0.4) is 0 Å². The Bertz CT molecular complexity index is 540. The third kappa shape index (κ3) is 2.25. The van der Waals surface area contributed by atoms with Crippen molar-refractivity contribution in [3.8, 4) is 0 Å². The number of halogens is 1. The van der Waals surface area contributed by atoms with Crippen LogP contribution in [0, 0.1) is 0 Å². The molecule has 17 heavy (non-hydrogen) atoms. The van der Waals surface area contributed by atoms with Crippen LogP contribution in [-0.4, -0.2) is 29.2 Å². The number of anilines is 1. The summed E-state index contributed by atoms with van der Waals surface area (Å²) in [6, 6.07) is 4.31. The first-order chi connectivity index (χ1) is 8.33.